The Kier molecular flexibility index (Phi) is 6.49. The summed E-state index contributed by atoms with van der Waals surface area (Å²) in [5.41, 5.74) is 0.0653. The number of rotatable bonds is 8. The maximum absolute atomic E-state index is 11.8. The van der Waals surface area contributed by atoms with Gasteiger partial charge in [-0.3, -0.25) is 14.9 Å². The molecule has 0 heterocycles. The molecule has 0 saturated heterocycles. The number of methoxy groups -OCH3 is 1. The number of nitrogens with zero attached hydrogens (tertiary/aromatic N) is 1. The van der Waals surface area contributed by atoms with Gasteiger partial charge in [0.2, 0.25) is 0 Å². The van der Waals surface area contributed by atoms with Gasteiger partial charge in [0, 0.05) is 17.8 Å². The van der Waals surface area contributed by atoms with Gasteiger partial charge in [-0.05, 0) is 18.2 Å². The molecule has 9 heteroatoms. The van der Waals surface area contributed by atoms with E-state index in [1.165, 1.54) is 31.4 Å². The second-order valence-electron chi connectivity index (χ2n) is 4.96. The van der Waals surface area contributed by atoms with Crippen molar-refractivity contribution in [2.75, 3.05) is 25.6 Å². The molecule has 0 aliphatic carbocycles. The Bertz CT molecular complexity index is 807. The fourth-order valence-corrected chi connectivity index (χ4v) is 1.96. The molecular weight excluding hydrogens is 344 g/mol. The van der Waals surface area contributed by atoms with Gasteiger partial charge >= 0.3 is 5.97 Å². The van der Waals surface area contributed by atoms with Gasteiger partial charge in [-0.25, -0.2) is 4.79 Å². The molecule has 0 fully saturated rings. The van der Waals surface area contributed by atoms with E-state index in [9.17, 15) is 19.7 Å². The number of amides is 1. The van der Waals surface area contributed by atoms with Crippen LogP contribution >= 0.6 is 0 Å². The molecular formula is C17H16N2O7. The van der Waals surface area contributed by atoms with Crippen LogP contribution in [0, 0.1) is 10.1 Å². The molecule has 136 valence electrons. The fourth-order valence-electron chi connectivity index (χ4n) is 1.96. The minimum Gasteiger partial charge on any atom is -0.493 e. The third-order valence-electron chi connectivity index (χ3n) is 3.12. The molecule has 0 bridgehead atoms. The molecule has 2 rings (SSSR count). The summed E-state index contributed by atoms with van der Waals surface area (Å²) in [5, 5.41) is 13.1. The second-order valence-corrected chi connectivity index (χ2v) is 4.96. The number of hydrogen-bond acceptors (Lipinski definition) is 7. The van der Waals surface area contributed by atoms with Gasteiger partial charge in [0.25, 0.3) is 11.6 Å². The number of nitrogens with one attached hydrogen (secondary N) is 1. The molecule has 0 aliphatic heterocycles. The van der Waals surface area contributed by atoms with Crippen molar-refractivity contribution < 1.29 is 28.7 Å². The summed E-state index contributed by atoms with van der Waals surface area (Å²) in [6.07, 6.45) is 0. The van der Waals surface area contributed by atoms with E-state index in [0.717, 1.165) is 0 Å². The lowest BCUT2D eigenvalue weighted by Crippen LogP contribution is -2.23. The highest BCUT2D eigenvalue weighted by Gasteiger charge is 2.12. The number of benzene rings is 2. The lowest BCUT2D eigenvalue weighted by Gasteiger charge is -2.10. The third kappa shape index (κ3) is 5.48. The van der Waals surface area contributed by atoms with Crippen LogP contribution in [0.2, 0.25) is 0 Å². The summed E-state index contributed by atoms with van der Waals surface area (Å²) in [6, 6.07) is 12.2. The Labute approximate surface area is 148 Å². The van der Waals surface area contributed by atoms with Crippen molar-refractivity contribution >= 4 is 23.3 Å². The third-order valence-corrected chi connectivity index (χ3v) is 3.12. The minimum atomic E-state index is -0.745. The van der Waals surface area contributed by atoms with Gasteiger partial charge in [0.05, 0.1) is 12.0 Å². The summed E-state index contributed by atoms with van der Waals surface area (Å²) in [5.74, 6) is -0.544. The minimum absolute atomic E-state index is 0.162. The van der Waals surface area contributed by atoms with Crippen LogP contribution in [-0.4, -0.2) is 37.1 Å². The Morgan fingerprint density at radius 2 is 1.81 bits per heavy atom. The van der Waals surface area contributed by atoms with Gasteiger partial charge in [-0.15, -0.1) is 0 Å². The molecule has 0 spiro atoms. The van der Waals surface area contributed by atoms with E-state index in [1.54, 1.807) is 24.3 Å². The van der Waals surface area contributed by atoms with E-state index >= 15 is 0 Å². The van der Waals surface area contributed by atoms with Crippen LogP contribution in [0.4, 0.5) is 11.4 Å². The summed E-state index contributed by atoms with van der Waals surface area (Å²) in [4.78, 5) is 33.5. The van der Waals surface area contributed by atoms with Crippen molar-refractivity contribution in [3.8, 4) is 11.5 Å². The maximum Gasteiger partial charge on any atom is 0.344 e. The Morgan fingerprint density at radius 3 is 2.50 bits per heavy atom. The molecule has 2 aromatic carbocycles. The average Bonchev–Trinajstić information content (AvgIpc) is 2.65. The Hall–Kier alpha value is -3.62. The molecule has 0 unspecified atom stereocenters. The molecule has 2 aromatic rings. The van der Waals surface area contributed by atoms with Gasteiger partial charge in [-0.1, -0.05) is 18.2 Å². The highest BCUT2D eigenvalue weighted by molar-refractivity contribution is 5.93. The molecule has 1 amide bonds. The number of carbonyl (C=O) groups is 2. The number of nitro benzene ring substituents is 1. The number of ether oxygens (including phenoxy) is 3. The van der Waals surface area contributed by atoms with Crippen molar-refractivity contribution in [1.82, 2.24) is 0 Å². The summed E-state index contributed by atoms with van der Waals surface area (Å²) >= 11 is 0. The van der Waals surface area contributed by atoms with Crippen molar-refractivity contribution in [2.24, 2.45) is 0 Å². The van der Waals surface area contributed by atoms with Gasteiger partial charge in [0.1, 0.15) is 0 Å². The number of carbonyl (C=O) groups excluding carboxylic acids is 2. The van der Waals surface area contributed by atoms with Gasteiger partial charge in [0.15, 0.2) is 24.7 Å². The fraction of sp³-hybridized carbons (Fsp3) is 0.176. The average molecular weight is 360 g/mol. The maximum atomic E-state index is 11.8. The number of non-ortho nitro benzene ring substituents is 1. The number of hydrogen-bond donors (Lipinski definition) is 1. The van der Waals surface area contributed by atoms with Crippen LogP contribution in [0.15, 0.2) is 48.5 Å². The molecule has 0 atom stereocenters. The molecule has 0 radical (unpaired) electrons. The lowest BCUT2D eigenvalue weighted by molar-refractivity contribution is -0.384. The highest BCUT2D eigenvalue weighted by Crippen LogP contribution is 2.25. The quantitative estimate of drug-likeness (QED) is 0.435. The highest BCUT2D eigenvalue weighted by atomic mass is 16.6. The number of nitro groups is 1. The molecule has 9 nitrogen and oxygen atoms in total. The van der Waals surface area contributed by atoms with Crippen LogP contribution in [0.3, 0.4) is 0 Å². The van der Waals surface area contributed by atoms with Crippen LogP contribution in [0.1, 0.15) is 0 Å². The van der Waals surface area contributed by atoms with Gasteiger partial charge < -0.3 is 19.5 Å². The monoisotopic (exact) mass is 360 g/mol. The van der Waals surface area contributed by atoms with Crippen molar-refractivity contribution in [2.45, 2.75) is 0 Å². The summed E-state index contributed by atoms with van der Waals surface area (Å²) < 4.78 is 15.2. The molecule has 0 aromatic heterocycles. The summed E-state index contributed by atoms with van der Waals surface area (Å²) in [6.45, 7) is -0.943. The standard InChI is InChI=1S/C17H16N2O7/c1-24-14-7-2-3-8-15(14)25-11-17(21)26-10-16(20)18-12-5-4-6-13(9-12)19(22)23/h2-9H,10-11H2,1H3,(H,18,20). The SMILES string of the molecule is COc1ccccc1OCC(=O)OCC(=O)Nc1cccc([N+](=O)[O-])c1. The Morgan fingerprint density at radius 1 is 1.08 bits per heavy atom. The van der Waals surface area contributed by atoms with Crippen LogP contribution < -0.4 is 14.8 Å². The smallest absolute Gasteiger partial charge is 0.344 e. The first kappa shape index (κ1) is 18.7. The predicted molar refractivity (Wildman–Crippen MR) is 91.2 cm³/mol. The van der Waals surface area contributed by atoms with Crippen molar-refractivity contribution in [3.63, 3.8) is 0 Å². The van der Waals surface area contributed by atoms with E-state index in [0.29, 0.717) is 11.5 Å². The van der Waals surface area contributed by atoms with E-state index in [-0.39, 0.29) is 11.4 Å². The van der Waals surface area contributed by atoms with E-state index in [1.807, 2.05) is 0 Å². The first-order chi connectivity index (χ1) is 12.5. The first-order valence-corrected chi connectivity index (χ1v) is 7.45. The predicted octanol–water partition coefficient (Wildman–Crippen LogP) is 2.16. The van der Waals surface area contributed by atoms with E-state index < -0.39 is 30.0 Å². The molecule has 0 saturated carbocycles. The zero-order valence-electron chi connectivity index (χ0n) is 13.8. The summed E-state index contributed by atoms with van der Waals surface area (Å²) in [7, 11) is 1.47. The van der Waals surface area contributed by atoms with Crippen molar-refractivity contribution in [1.29, 1.82) is 0 Å². The zero-order valence-corrected chi connectivity index (χ0v) is 13.8. The molecule has 0 aliphatic rings. The number of anilines is 1. The first-order valence-electron chi connectivity index (χ1n) is 7.45. The zero-order chi connectivity index (χ0) is 18.9. The topological polar surface area (TPSA) is 117 Å². The lowest BCUT2D eigenvalue weighted by atomic mass is 10.3. The van der Waals surface area contributed by atoms with Gasteiger partial charge in [-0.2, -0.15) is 0 Å². The second kappa shape index (κ2) is 9.02. The molecule has 1 N–H and O–H groups in total. The normalized spacial score (nSPS) is 9.88. The Balaban J connectivity index is 1.79. The van der Waals surface area contributed by atoms with Crippen molar-refractivity contribution in [3.05, 3.63) is 58.6 Å². The van der Waals surface area contributed by atoms with Crippen LogP contribution in [0.25, 0.3) is 0 Å². The largest absolute Gasteiger partial charge is 0.493 e. The van der Waals surface area contributed by atoms with Crippen LogP contribution in [-0.2, 0) is 14.3 Å². The molecule has 26 heavy (non-hydrogen) atoms. The number of esters is 1. The van der Waals surface area contributed by atoms with E-state index in [4.69, 9.17) is 14.2 Å². The number of para-hydroxylation sites is 2. The van der Waals surface area contributed by atoms with E-state index in [2.05, 4.69) is 5.32 Å². The van der Waals surface area contributed by atoms with Crippen LogP contribution in [0.5, 0.6) is 11.5 Å².